The molecule has 148 valence electrons. The van der Waals surface area contributed by atoms with Crippen LogP contribution in [-0.4, -0.2) is 72.0 Å². The van der Waals surface area contributed by atoms with Gasteiger partial charge in [0.25, 0.3) is 0 Å². The Morgan fingerprint density at radius 3 is 2.41 bits per heavy atom. The molecule has 0 bridgehead atoms. The second kappa shape index (κ2) is 7.71. The molecule has 1 unspecified atom stereocenters. The first kappa shape index (κ1) is 19.4. The van der Waals surface area contributed by atoms with Gasteiger partial charge in [0.05, 0.1) is 20.8 Å². The van der Waals surface area contributed by atoms with Crippen molar-refractivity contribution in [1.82, 2.24) is 0 Å². The van der Waals surface area contributed by atoms with Crippen LogP contribution in [-0.2, 0) is 4.74 Å². The summed E-state index contributed by atoms with van der Waals surface area (Å²) >= 11 is 0. The SMILES string of the molecule is COc1cc2ccc(=O)oc2c(OC)c1OC1O[C@H](CO)[C@@H](O)[C@H](O)[C@H]1O. The quantitative estimate of drug-likeness (QED) is 0.473. The fraction of sp³-hybridized carbons (Fsp3) is 0.471. The van der Waals surface area contributed by atoms with E-state index in [9.17, 15) is 25.2 Å². The van der Waals surface area contributed by atoms with E-state index >= 15 is 0 Å². The first-order valence-electron chi connectivity index (χ1n) is 8.07. The maximum absolute atomic E-state index is 11.6. The highest BCUT2D eigenvalue weighted by Gasteiger charge is 2.45. The number of aliphatic hydroxyl groups excluding tert-OH is 4. The molecule has 0 aliphatic carbocycles. The predicted molar refractivity (Wildman–Crippen MR) is 90.0 cm³/mol. The van der Waals surface area contributed by atoms with Crippen LogP contribution in [0.15, 0.2) is 27.4 Å². The zero-order valence-corrected chi connectivity index (χ0v) is 14.6. The molecule has 10 nitrogen and oxygen atoms in total. The van der Waals surface area contributed by atoms with Gasteiger partial charge in [0, 0.05) is 11.5 Å². The molecule has 5 atom stereocenters. The largest absolute Gasteiger partial charge is 0.493 e. The minimum Gasteiger partial charge on any atom is -0.493 e. The van der Waals surface area contributed by atoms with Gasteiger partial charge in [0.2, 0.25) is 17.8 Å². The van der Waals surface area contributed by atoms with Crippen molar-refractivity contribution < 1.29 is 43.8 Å². The Hall–Kier alpha value is -2.37. The average Bonchev–Trinajstić information content (AvgIpc) is 2.67. The lowest BCUT2D eigenvalue weighted by Gasteiger charge is -2.39. The molecule has 1 aliphatic rings. The second-order valence-corrected chi connectivity index (χ2v) is 5.93. The van der Waals surface area contributed by atoms with E-state index in [0.29, 0.717) is 5.39 Å². The number of methoxy groups -OCH3 is 2. The van der Waals surface area contributed by atoms with Gasteiger partial charge in [-0.3, -0.25) is 0 Å². The van der Waals surface area contributed by atoms with Crippen LogP contribution in [0.4, 0.5) is 0 Å². The highest BCUT2D eigenvalue weighted by atomic mass is 16.7. The first-order chi connectivity index (χ1) is 12.9. The van der Waals surface area contributed by atoms with Crippen LogP contribution < -0.4 is 19.8 Å². The van der Waals surface area contributed by atoms with E-state index in [1.54, 1.807) is 0 Å². The number of hydrogen-bond acceptors (Lipinski definition) is 10. The molecule has 1 saturated heterocycles. The summed E-state index contributed by atoms with van der Waals surface area (Å²) in [5, 5.41) is 39.7. The van der Waals surface area contributed by atoms with E-state index < -0.39 is 42.9 Å². The zero-order valence-electron chi connectivity index (χ0n) is 14.6. The molecule has 0 amide bonds. The molecular formula is C17H20O10. The van der Waals surface area contributed by atoms with Crippen molar-refractivity contribution in [3.8, 4) is 17.2 Å². The lowest BCUT2D eigenvalue weighted by Crippen LogP contribution is -2.60. The van der Waals surface area contributed by atoms with Crippen LogP contribution in [0, 0.1) is 0 Å². The first-order valence-corrected chi connectivity index (χ1v) is 8.07. The minimum atomic E-state index is -1.63. The van der Waals surface area contributed by atoms with E-state index in [1.807, 2.05) is 0 Å². The molecule has 2 aromatic rings. The van der Waals surface area contributed by atoms with Crippen LogP contribution in [0.5, 0.6) is 17.2 Å². The van der Waals surface area contributed by atoms with Crippen molar-refractivity contribution in [3.63, 3.8) is 0 Å². The van der Waals surface area contributed by atoms with Gasteiger partial charge in [0.1, 0.15) is 24.4 Å². The fourth-order valence-corrected chi connectivity index (χ4v) is 2.87. The molecule has 0 radical (unpaired) electrons. The molecule has 1 fully saturated rings. The van der Waals surface area contributed by atoms with Crippen molar-refractivity contribution in [1.29, 1.82) is 0 Å². The van der Waals surface area contributed by atoms with Gasteiger partial charge in [-0.15, -0.1) is 0 Å². The monoisotopic (exact) mass is 384 g/mol. The smallest absolute Gasteiger partial charge is 0.336 e. The normalized spacial score (nSPS) is 28.1. The van der Waals surface area contributed by atoms with Crippen molar-refractivity contribution in [2.75, 3.05) is 20.8 Å². The van der Waals surface area contributed by atoms with Crippen LogP contribution >= 0.6 is 0 Å². The number of benzene rings is 1. The molecule has 1 aromatic heterocycles. The van der Waals surface area contributed by atoms with Crippen molar-refractivity contribution in [2.45, 2.75) is 30.7 Å². The molecule has 0 saturated carbocycles. The van der Waals surface area contributed by atoms with Crippen molar-refractivity contribution in [2.24, 2.45) is 0 Å². The Bertz CT molecular complexity index is 861. The van der Waals surface area contributed by atoms with Gasteiger partial charge < -0.3 is 43.8 Å². The molecule has 1 aliphatic heterocycles. The molecule has 27 heavy (non-hydrogen) atoms. The minimum absolute atomic E-state index is 0.0130. The number of fused-ring (bicyclic) bond motifs is 1. The summed E-state index contributed by atoms with van der Waals surface area (Å²) in [6.07, 6.45) is -7.38. The molecule has 10 heteroatoms. The Morgan fingerprint density at radius 1 is 1.04 bits per heavy atom. The van der Waals surface area contributed by atoms with E-state index in [0.717, 1.165) is 0 Å². The number of rotatable bonds is 5. The molecular weight excluding hydrogens is 364 g/mol. The Labute approximate surface area is 153 Å². The summed E-state index contributed by atoms with van der Waals surface area (Å²) < 4.78 is 26.7. The molecule has 1 aromatic carbocycles. The van der Waals surface area contributed by atoms with E-state index in [4.69, 9.17) is 23.4 Å². The molecule has 4 N–H and O–H groups in total. The van der Waals surface area contributed by atoms with Gasteiger partial charge in [-0.25, -0.2) is 4.79 Å². The summed E-state index contributed by atoms with van der Waals surface area (Å²) in [6.45, 7) is -0.605. The van der Waals surface area contributed by atoms with Gasteiger partial charge in [-0.2, -0.15) is 0 Å². The van der Waals surface area contributed by atoms with Crippen LogP contribution in [0.3, 0.4) is 0 Å². The summed E-state index contributed by atoms with van der Waals surface area (Å²) in [5.41, 5.74) is -0.518. The van der Waals surface area contributed by atoms with Gasteiger partial charge in [-0.05, 0) is 12.1 Å². The van der Waals surface area contributed by atoms with E-state index in [-0.39, 0.29) is 22.8 Å². The molecule has 2 heterocycles. The maximum Gasteiger partial charge on any atom is 0.336 e. The third-order valence-corrected chi connectivity index (χ3v) is 4.29. The van der Waals surface area contributed by atoms with E-state index in [1.165, 1.54) is 32.4 Å². The summed E-state index contributed by atoms with van der Waals surface area (Å²) in [7, 11) is 2.70. The number of aliphatic hydroxyl groups is 4. The standard InChI is InChI=1S/C17H20O10/c1-23-8-5-7-3-4-10(19)26-14(7)16(24-2)15(8)27-17-13(22)12(21)11(20)9(6-18)25-17/h3-5,9,11-13,17-18,20-22H,6H2,1-2H3/t9-,11-,12+,13-,17?/m1/s1. The van der Waals surface area contributed by atoms with Gasteiger partial charge in [0.15, 0.2) is 11.3 Å². The van der Waals surface area contributed by atoms with E-state index in [2.05, 4.69) is 0 Å². The second-order valence-electron chi connectivity index (χ2n) is 5.93. The highest BCUT2D eigenvalue weighted by molar-refractivity contribution is 5.88. The number of hydrogen-bond donors (Lipinski definition) is 4. The highest BCUT2D eigenvalue weighted by Crippen LogP contribution is 2.44. The third-order valence-electron chi connectivity index (χ3n) is 4.29. The maximum atomic E-state index is 11.6. The van der Waals surface area contributed by atoms with Crippen LogP contribution in [0.25, 0.3) is 11.0 Å². The predicted octanol–water partition coefficient (Wildman–Crippen LogP) is -1.01. The summed E-state index contributed by atoms with van der Waals surface area (Å²) in [5.74, 6) is 0.148. The Kier molecular flexibility index (Phi) is 5.53. The summed E-state index contributed by atoms with van der Waals surface area (Å²) in [6, 6.07) is 4.28. The van der Waals surface area contributed by atoms with Gasteiger partial charge in [-0.1, -0.05) is 0 Å². The Balaban J connectivity index is 2.06. The van der Waals surface area contributed by atoms with Gasteiger partial charge >= 0.3 is 5.63 Å². The van der Waals surface area contributed by atoms with Crippen LogP contribution in [0.2, 0.25) is 0 Å². The summed E-state index contributed by atoms with van der Waals surface area (Å²) in [4.78, 5) is 11.6. The third kappa shape index (κ3) is 3.45. The molecule has 3 rings (SSSR count). The molecule has 0 spiro atoms. The lowest BCUT2D eigenvalue weighted by atomic mass is 9.99. The zero-order chi connectivity index (χ0) is 19.7. The topological polar surface area (TPSA) is 148 Å². The average molecular weight is 384 g/mol. The fourth-order valence-electron chi connectivity index (χ4n) is 2.87. The van der Waals surface area contributed by atoms with Crippen LogP contribution in [0.1, 0.15) is 0 Å². The Morgan fingerprint density at radius 2 is 1.78 bits per heavy atom. The van der Waals surface area contributed by atoms with Crippen molar-refractivity contribution >= 4 is 11.0 Å². The lowest BCUT2D eigenvalue weighted by molar-refractivity contribution is -0.277. The number of ether oxygens (including phenoxy) is 4. The van der Waals surface area contributed by atoms with Crippen molar-refractivity contribution in [3.05, 3.63) is 28.6 Å².